The van der Waals surface area contributed by atoms with Crippen molar-refractivity contribution in [1.82, 2.24) is 14.8 Å². The molecule has 0 radical (unpaired) electrons. The molecule has 0 fully saturated rings. The molecule has 2 N–H and O–H groups in total. The van der Waals surface area contributed by atoms with Crippen molar-refractivity contribution in [3.8, 4) is 0 Å². The lowest BCUT2D eigenvalue weighted by Gasteiger charge is -2.28. The quantitative estimate of drug-likeness (QED) is 0.422. The maximum absolute atomic E-state index is 13.5. The Balaban J connectivity index is 1.76. The van der Waals surface area contributed by atoms with Crippen LogP contribution >= 0.6 is 27.7 Å². The predicted octanol–water partition coefficient (Wildman–Crippen LogP) is 5.78. The highest BCUT2D eigenvalue weighted by atomic mass is 79.9. The Kier molecular flexibility index (Phi) is 6.48. The van der Waals surface area contributed by atoms with E-state index in [0.717, 1.165) is 39.2 Å². The Morgan fingerprint density at radius 3 is 2.77 bits per heavy atom. The fourth-order valence-corrected chi connectivity index (χ4v) is 4.69. The molecule has 1 aromatic heterocycles. The second-order valence-corrected chi connectivity index (χ2v) is 9.43. The van der Waals surface area contributed by atoms with E-state index in [1.807, 2.05) is 67.1 Å². The Labute approximate surface area is 194 Å². The number of hydrogen-bond donors (Lipinski definition) is 2. The van der Waals surface area contributed by atoms with Crippen molar-refractivity contribution in [2.24, 2.45) is 0 Å². The van der Waals surface area contributed by atoms with Crippen LogP contribution in [0, 0.1) is 6.92 Å². The van der Waals surface area contributed by atoms with E-state index in [2.05, 4.69) is 38.5 Å². The zero-order chi connectivity index (χ0) is 22.0. The van der Waals surface area contributed by atoms with Gasteiger partial charge in [0.2, 0.25) is 11.1 Å². The molecule has 2 aromatic carbocycles. The molecule has 6 nitrogen and oxygen atoms in total. The smallest absolute Gasteiger partial charge is 0.255 e. The van der Waals surface area contributed by atoms with Crippen molar-refractivity contribution < 1.29 is 4.79 Å². The summed E-state index contributed by atoms with van der Waals surface area (Å²) in [6, 6.07) is 15.4. The summed E-state index contributed by atoms with van der Waals surface area (Å²) in [6.07, 6.45) is 1.04. The third-order valence-electron chi connectivity index (χ3n) is 4.95. The SMILES string of the molecule is CCCSc1nc2n(n1)C(c1cccc(Br)c1)C(C(=O)Nc1cccc(C)c1)=C(C)N2. The van der Waals surface area contributed by atoms with Crippen molar-refractivity contribution in [1.29, 1.82) is 0 Å². The Hall–Kier alpha value is -2.58. The molecule has 1 aliphatic heterocycles. The van der Waals surface area contributed by atoms with Crippen molar-refractivity contribution in [3.63, 3.8) is 0 Å². The number of carbonyl (C=O) groups is 1. The van der Waals surface area contributed by atoms with Crippen LogP contribution in [0.1, 0.15) is 37.4 Å². The van der Waals surface area contributed by atoms with Gasteiger partial charge in [-0.25, -0.2) is 4.68 Å². The molecule has 4 rings (SSSR count). The van der Waals surface area contributed by atoms with E-state index in [0.29, 0.717) is 16.7 Å². The minimum Gasteiger partial charge on any atom is -0.328 e. The summed E-state index contributed by atoms with van der Waals surface area (Å²) in [5.74, 6) is 1.43. The van der Waals surface area contributed by atoms with Gasteiger partial charge in [0.05, 0.1) is 5.57 Å². The second kappa shape index (κ2) is 9.28. The number of hydrogen-bond acceptors (Lipinski definition) is 5. The third-order valence-corrected chi connectivity index (χ3v) is 6.49. The van der Waals surface area contributed by atoms with E-state index in [-0.39, 0.29) is 11.9 Å². The number of aromatic nitrogens is 3. The number of anilines is 2. The first-order chi connectivity index (χ1) is 15.0. The summed E-state index contributed by atoms with van der Waals surface area (Å²) >= 11 is 5.18. The van der Waals surface area contributed by atoms with E-state index in [4.69, 9.17) is 5.10 Å². The van der Waals surface area contributed by atoms with Crippen molar-refractivity contribution >= 4 is 45.2 Å². The van der Waals surface area contributed by atoms with Gasteiger partial charge in [0.25, 0.3) is 5.91 Å². The van der Waals surface area contributed by atoms with Gasteiger partial charge in [-0.3, -0.25) is 4.79 Å². The molecule has 1 atom stereocenters. The molecule has 0 spiro atoms. The van der Waals surface area contributed by atoms with Crippen LogP contribution in [0.25, 0.3) is 0 Å². The number of thioether (sulfide) groups is 1. The van der Waals surface area contributed by atoms with Crippen molar-refractivity contribution in [3.05, 3.63) is 75.4 Å². The second-order valence-electron chi connectivity index (χ2n) is 7.46. The van der Waals surface area contributed by atoms with E-state index < -0.39 is 0 Å². The highest BCUT2D eigenvalue weighted by molar-refractivity contribution is 9.10. The minimum absolute atomic E-state index is 0.163. The van der Waals surface area contributed by atoms with Crippen LogP contribution in [-0.2, 0) is 4.79 Å². The molecular formula is C23H24BrN5OS. The van der Waals surface area contributed by atoms with Gasteiger partial charge >= 0.3 is 0 Å². The highest BCUT2D eigenvalue weighted by Crippen LogP contribution is 2.37. The Morgan fingerprint density at radius 1 is 1.23 bits per heavy atom. The lowest BCUT2D eigenvalue weighted by molar-refractivity contribution is -0.113. The number of rotatable bonds is 6. The summed E-state index contributed by atoms with van der Waals surface area (Å²) < 4.78 is 2.76. The monoisotopic (exact) mass is 497 g/mol. The third kappa shape index (κ3) is 4.70. The summed E-state index contributed by atoms with van der Waals surface area (Å²) in [5.41, 5.74) is 4.20. The number of aryl methyl sites for hydroxylation is 1. The summed E-state index contributed by atoms with van der Waals surface area (Å²) in [5, 5.41) is 11.8. The molecule has 8 heteroatoms. The molecule has 3 aromatic rings. The molecule has 1 amide bonds. The van der Waals surface area contributed by atoms with E-state index >= 15 is 0 Å². The number of amides is 1. The van der Waals surface area contributed by atoms with Crippen LogP contribution in [0.2, 0.25) is 0 Å². The maximum atomic E-state index is 13.5. The number of carbonyl (C=O) groups excluding carboxylic acids is 1. The fourth-order valence-electron chi connectivity index (χ4n) is 3.59. The number of allylic oxidation sites excluding steroid dienone is 1. The molecule has 0 saturated carbocycles. The van der Waals surface area contributed by atoms with Gasteiger partial charge in [0.1, 0.15) is 6.04 Å². The lowest BCUT2D eigenvalue weighted by Crippen LogP contribution is -2.31. The van der Waals surface area contributed by atoms with Crippen LogP contribution in [0.4, 0.5) is 11.6 Å². The molecule has 160 valence electrons. The topological polar surface area (TPSA) is 71.8 Å². The average Bonchev–Trinajstić information content (AvgIpc) is 3.13. The molecular weight excluding hydrogens is 474 g/mol. The summed E-state index contributed by atoms with van der Waals surface area (Å²) in [7, 11) is 0. The maximum Gasteiger partial charge on any atom is 0.255 e. The normalized spacial score (nSPS) is 15.4. The Morgan fingerprint density at radius 2 is 2.03 bits per heavy atom. The van der Waals surface area contributed by atoms with Gasteiger partial charge in [-0.15, -0.1) is 5.10 Å². The largest absolute Gasteiger partial charge is 0.328 e. The highest BCUT2D eigenvalue weighted by Gasteiger charge is 2.34. The van der Waals surface area contributed by atoms with Gasteiger partial charge in [0, 0.05) is 21.6 Å². The fraction of sp³-hybridized carbons (Fsp3) is 0.261. The van der Waals surface area contributed by atoms with Crippen molar-refractivity contribution in [2.75, 3.05) is 16.4 Å². The molecule has 31 heavy (non-hydrogen) atoms. The number of benzene rings is 2. The van der Waals surface area contributed by atoms with Gasteiger partial charge < -0.3 is 10.6 Å². The standard InChI is InChI=1S/C23H24BrN5OS/c1-4-11-31-23-27-22-25-15(3)19(21(30)26-18-10-5-7-14(2)12-18)20(29(22)28-23)16-8-6-9-17(24)13-16/h5-10,12-13,20H,4,11H2,1-3H3,(H,26,30)(H,25,27,28). The summed E-state index contributed by atoms with van der Waals surface area (Å²) in [6.45, 7) is 6.04. The molecule has 0 saturated heterocycles. The molecule has 1 unspecified atom stereocenters. The van der Waals surface area contributed by atoms with Crippen molar-refractivity contribution in [2.45, 2.75) is 38.4 Å². The number of fused-ring (bicyclic) bond motifs is 1. The first-order valence-corrected chi connectivity index (χ1v) is 11.9. The van der Waals surface area contributed by atoms with Gasteiger partial charge in [-0.2, -0.15) is 4.98 Å². The summed E-state index contributed by atoms with van der Waals surface area (Å²) in [4.78, 5) is 18.1. The van der Waals surface area contributed by atoms with Gasteiger partial charge in [0.15, 0.2) is 0 Å². The first-order valence-electron chi connectivity index (χ1n) is 10.2. The number of nitrogens with one attached hydrogen (secondary N) is 2. The van der Waals surface area contributed by atoms with Crippen LogP contribution < -0.4 is 10.6 Å². The van der Waals surface area contributed by atoms with E-state index in [9.17, 15) is 4.79 Å². The van der Waals surface area contributed by atoms with E-state index in [1.54, 1.807) is 11.8 Å². The van der Waals surface area contributed by atoms with E-state index in [1.165, 1.54) is 0 Å². The molecule has 1 aliphatic rings. The molecule has 0 aliphatic carbocycles. The van der Waals surface area contributed by atoms with Crippen LogP contribution in [0.3, 0.4) is 0 Å². The van der Waals surface area contributed by atoms with Gasteiger partial charge in [-0.1, -0.05) is 58.9 Å². The minimum atomic E-state index is -0.387. The first kappa shape index (κ1) is 21.6. The van der Waals surface area contributed by atoms with Gasteiger partial charge in [-0.05, 0) is 55.7 Å². The number of halogens is 1. The van der Waals surface area contributed by atoms with Crippen LogP contribution in [0.5, 0.6) is 0 Å². The predicted molar refractivity (Wildman–Crippen MR) is 129 cm³/mol. The van der Waals surface area contributed by atoms with Crippen LogP contribution in [0.15, 0.2) is 69.4 Å². The number of nitrogens with zero attached hydrogens (tertiary/aromatic N) is 3. The lowest BCUT2D eigenvalue weighted by atomic mass is 9.95. The van der Waals surface area contributed by atoms with Crippen LogP contribution in [-0.4, -0.2) is 26.4 Å². The molecule has 0 bridgehead atoms. The zero-order valence-corrected chi connectivity index (χ0v) is 20.0. The molecule has 2 heterocycles. The average molecular weight is 498 g/mol. The zero-order valence-electron chi connectivity index (χ0n) is 17.6. The Bertz CT molecular complexity index is 1160.